The number of hydrogen-bond acceptors (Lipinski definition) is 3. The van der Waals surface area contributed by atoms with Gasteiger partial charge in [-0.25, -0.2) is 4.98 Å². The number of thiazole rings is 1. The zero-order chi connectivity index (χ0) is 14.4. The minimum atomic E-state index is 0.502. The molecule has 3 heteroatoms. The van der Waals surface area contributed by atoms with E-state index in [0.717, 1.165) is 6.04 Å². The Balaban J connectivity index is 1.84. The number of unbranched alkanes of at least 4 members (excludes halogenated alkanes) is 4. The Bertz CT molecular complexity index is 382. The zero-order valence-electron chi connectivity index (χ0n) is 13.3. The summed E-state index contributed by atoms with van der Waals surface area (Å²) in [6.45, 7) is 6.74. The first kappa shape index (κ1) is 16.0. The van der Waals surface area contributed by atoms with E-state index >= 15 is 0 Å². The van der Waals surface area contributed by atoms with E-state index in [1.807, 2.05) is 11.3 Å². The number of nitrogens with one attached hydrogen (secondary N) is 1. The van der Waals surface area contributed by atoms with Crippen LogP contribution >= 0.6 is 11.3 Å². The van der Waals surface area contributed by atoms with E-state index in [2.05, 4.69) is 31.5 Å². The Morgan fingerprint density at radius 2 is 2.00 bits per heavy atom. The minimum Gasteiger partial charge on any atom is -0.305 e. The third-order valence-electron chi connectivity index (χ3n) is 4.04. The molecule has 2 nitrogen and oxygen atoms in total. The molecule has 1 aromatic heterocycles. The maximum absolute atomic E-state index is 4.86. The molecule has 20 heavy (non-hydrogen) atoms. The molecule has 1 atom stereocenters. The zero-order valence-corrected chi connectivity index (χ0v) is 14.1. The molecule has 114 valence electrons. The van der Waals surface area contributed by atoms with Crippen molar-refractivity contribution >= 4 is 11.3 Å². The predicted octanol–water partition coefficient (Wildman–Crippen LogP) is 5.42. The highest BCUT2D eigenvalue weighted by atomic mass is 32.1. The third kappa shape index (κ3) is 5.17. The van der Waals surface area contributed by atoms with E-state index in [0.29, 0.717) is 12.0 Å². The quantitative estimate of drug-likeness (QED) is 0.583. The molecule has 0 saturated heterocycles. The van der Waals surface area contributed by atoms with Gasteiger partial charge in [0.25, 0.3) is 0 Å². The second kappa shape index (κ2) is 8.14. The van der Waals surface area contributed by atoms with E-state index in [4.69, 9.17) is 4.98 Å². The highest BCUT2D eigenvalue weighted by Crippen LogP contribution is 2.30. The van der Waals surface area contributed by atoms with Gasteiger partial charge in [0.15, 0.2) is 0 Å². The lowest BCUT2D eigenvalue weighted by molar-refractivity contribution is 0.463. The van der Waals surface area contributed by atoms with Gasteiger partial charge in [-0.1, -0.05) is 52.9 Å². The fraction of sp³-hybridized carbons (Fsp3) is 0.824. The molecular weight excluding hydrogens is 264 g/mol. The second-order valence-electron chi connectivity index (χ2n) is 6.46. The first-order chi connectivity index (χ1) is 9.70. The fourth-order valence-corrected chi connectivity index (χ4v) is 3.57. The molecule has 0 spiro atoms. The Morgan fingerprint density at radius 3 is 2.60 bits per heavy atom. The van der Waals surface area contributed by atoms with Crippen molar-refractivity contribution < 1.29 is 0 Å². The van der Waals surface area contributed by atoms with Crippen molar-refractivity contribution in [2.45, 2.75) is 90.1 Å². The Labute approximate surface area is 128 Å². The molecular formula is C17H30N2S. The van der Waals surface area contributed by atoms with Crippen LogP contribution in [0.1, 0.15) is 94.8 Å². The maximum Gasteiger partial charge on any atom is 0.110 e. The first-order valence-electron chi connectivity index (χ1n) is 8.42. The second-order valence-corrected chi connectivity index (χ2v) is 7.35. The first-order valence-corrected chi connectivity index (χ1v) is 9.30. The van der Waals surface area contributed by atoms with E-state index in [-0.39, 0.29) is 0 Å². The Kier molecular flexibility index (Phi) is 6.50. The average molecular weight is 295 g/mol. The predicted molar refractivity (Wildman–Crippen MR) is 88.5 cm³/mol. The number of aromatic nitrogens is 1. The topological polar surface area (TPSA) is 24.9 Å². The average Bonchev–Trinajstić information content (AvgIpc) is 3.10. The molecule has 1 aliphatic carbocycles. The monoisotopic (exact) mass is 294 g/mol. The largest absolute Gasteiger partial charge is 0.305 e. The molecule has 1 unspecified atom stereocenters. The van der Waals surface area contributed by atoms with Crippen LogP contribution < -0.4 is 5.32 Å². The molecule has 0 aliphatic heterocycles. The number of nitrogens with zero attached hydrogens (tertiary/aromatic N) is 1. The lowest BCUT2D eigenvalue weighted by Crippen LogP contribution is -2.23. The molecule has 1 saturated carbocycles. The van der Waals surface area contributed by atoms with Gasteiger partial charge >= 0.3 is 0 Å². The maximum atomic E-state index is 4.86. The molecule has 0 aromatic carbocycles. The lowest BCUT2D eigenvalue weighted by atomic mass is 10.1. The van der Waals surface area contributed by atoms with E-state index in [1.165, 1.54) is 62.1 Å². The number of hydrogen-bond donors (Lipinski definition) is 1. The van der Waals surface area contributed by atoms with Crippen LogP contribution in [0.15, 0.2) is 5.38 Å². The van der Waals surface area contributed by atoms with Gasteiger partial charge in [-0.2, -0.15) is 0 Å². The van der Waals surface area contributed by atoms with Crippen molar-refractivity contribution in [3.05, 3.63) is 16.1 Å². The highest BCUT2D eigenvalue weighted by molar-refractivity contribution is 7.09. The molecule has 0 amide bonds. The summed E-state index contributed by atoms with van der Waals surface area (Å²) in [5.74, 6) is 0.547. The highest BCUT2D eigenvalue weighted by Gasteiger charge is 2.26. The van der Waals surface area contributed by atoms with Crippen LogP contribution in [0.3, 0.4) is 0 Å². The van der Waals surface area contributed by atoms with Crippen molar-refractivity contribution in [3.63, 3.8) is 0 Å². The van der Waals surface area contributed by atoms with Crippen molar-refractivity contribution in [2.75, 3.05) is 0 Å². The Morgan fingerprint density at radius 1 is 1.25 bits per heavy atom. The lowest BCUT2D eigenvalue weighted by Gasteiger charge is -2.16. The van der Waals surface area contributed by atoms with E-state index in [1.54, 1.807) is 0 Å². The Hall–Kier alpha value is -0.410. The van der Waals surface area contributed by atoms with Crippen LogP contribution in [0.4, 0.5) is 0 Å². The van der Waals surface area contributed by atoms with Crippen LogP contribution in [0, 0.1) is 0 Å². The molecule has 0 radical (unpaired) electrons. The molecule has 0 bridgehead atoms. The summed E-state index contributed by atoms with van der Waals surface area (Å²) in [6, 6.07) is 1.27. The summed E-state index contributed by atoms with van der Waals surface area (Å²) in [7, 11) is 0. The molecule has 2 rings (SSSR count). The van der Waals surface area contributed by atoms with E-state index < -0.39 is 0 Å². The molecule has 1 aromatic rings. The van der Waals surface area contributed by atoms with Gasteiger partial charge in [0.1, 0.15) is 5.01 Å². The molecule has 1 aliphatic rings. The summed E-state index contributed by atoms with van der Waals surface area (Å²) in [6.07, 6.45) is 10.8. The van der Waals surface area contributed by atoms with Gasteiger partial charge < -0.3 is 5.32 Å². The third-order valence-corrected chi connectivity index (χ3v) is 5.02. The minimum absolute atomic E-state index is 0.502. The standard InChI is InChI=1S/C17H30N2S/c1-4-5-6-7-8-9-15(18-14-10-11-14)17-19-16(12-20-17)13(2)3/h12-15,18H,4-11H2,1-3H3. The smallest absolute Gasteiger partial charge is 0.110 e. The van der Waals surface area contributed by atoms with Crippen molar-refractivity contribution in [3.8, 4) is 0 Å². The summed E-state index contributed by atoms with van der Waals surface area (Å²) < 4.78 is 0. The molecule has 1 heterocycles. The number of rotatable bonds is 10. The van der Waals surface area contributed by atoms with Crippen molar-refractivity contribution in [1.82, 2.24) is 10.3 Å². The van der Waals surface area contributed by atoms with Crippen molar-refractivity contribution in [1.29, 1.82) is 0 Å². The van der Waals surface area contributed by atoms with Crippen LogP contribution in [-0.4, -0.2) is 11.0 Å². The summed E-state index contributed by atoms with van der Waals surface area (Å²) in [4.78, 5) is 4.86. The normalized spacial score (nSPS) is 16.8. The van der Waals surface area contributed by atoms with E-state index in [9.17, 15) is 0 Å². The summed E-state index contributed by atoms with van der Waals surface area (Å²) >= 11 is 1.85. The summed E-state index contributed by atoms with van der Waals surface area (Å²) in [5, 5.41) is 7.36. The van der Waals surface area contributed by atoms with Crippen LogP contribution in [-0.2, 0) is 0 Å². The molecule has 1 fully saturated rings. The van der Waals surface area contributed by atoms with Crippen molar-refractivity contribution in [2.24, 2.45) is 0 Å². The summed E-state index contributed by atoms with van der Waals surface area (Å²) in [5.41, 5.74) is 1.26. The fourth-order valence-electron chi connectivity index (χ4n) is 2.49. The SMILES string of the molecule is CCCCCCCC(NC1CC1)c1nc(C(C)C)cs1. The van der Waals surface area contributed by atoms with Gasteiger partial charge in [0.2, 0.25) is 0 Å². The van der Waals surface area contributed by atoms with Gasteiger partial charge in [-0.15, -0.1) is 11.3 Å². The van der Waals surface area contributed by atoms with Crippen LogP contribution in [0.25, 0.3) is 0 Å². The van der Waals surface area contributed by atoms with Gasteiger partial charge in [0.05, 0.1) is 11.7 Å². The van der Waals surface area contributed by atoms with Crippen LogP contribution in [0.5, 0.6) is 0 Å². The van der Waals surface area contributed by atoms with Gasteiger partial charge in [-0.3, -0.25) is 0 Å². The van der Waals surface area contributed by atoms with Gasteiger partial charge in [0, 0.05) is 11.4 Å². The van der Waals surface area contributed by atoms with Crippen LogP contribution in [0.2, 0.25) is 0 Å². The van der Waals surface area contributed by atoms with Gasteiger partial charge in [-0.05, 0) is 25.2 Å². The molecule has 1 N–H and O–H groups in total.